The van der Waals surface area contributed by atoms with Crippen molar-refractivity contribution in [3.63, 3.8) is 0 Å². The summed E-state index contributed by atoms with van der Waals surface area (Å²) in [5.41, 5.74) is 0. The summed E-state index contributed by atoms with van der Waals surface area (Å²) in [5.74, 6) is -3.34. The second-order valence-electron chi connectivity index (χ2n) is 2.01. The van der Waals surface area contributed by atoms with Gasteiger partial charge in [0.25, 0.3) is 0 Å². The summed E-state index contributed by atoms with van der Waals surface area (Å²) in [5, 5.41) is 16.2. The van der Waals surface area contributed by atoms with Crippen LogP contribution in [0, 0.1) is 0 Å². The Hall–Kier alpha value is 2.01. The molecule has 0 saturated carbocycles. The molecule has 0 amide bonds. The molecule has 0 rings (SSSR count). The molecule has 2 N–H and O–H groups in total. The Bertz CT molecular complexity index is 223. The summed E-state index contributed by atoms with van der Waals surface area (Å²) >= 11 is 0. The fourth-order valence-corrected chi connectivity index (χ4v) is 0.396. The molecule has 0 saturated heterocycles. The first-order valence-corrected chi connectivity index (χ1v) is 3.28. The van der Waals surface area contributed by atoms with E-state index in [1.165, 1.54) is 0 Å². The van der Waals surface area contributed by atoms with Gasteiger partial charge in [-0.25, -0.2) is 9.59 Å². The van der Waals surface area contributed by atoms with Gasteiger partial charge in [-0.1, -0.05) is 0 Å². The number of carbonyl (C=O) groups excluding carboxylic acids is 1. The Balaban J connectivity index is -0.000000240. The van der Waals surface area contributed by atoms with Gasteiger partial charge in [0.05, 0.1) is 12.8 Å². The van der Waals surface area contributed by atoms with Gasteiger partial charge in [0.1, 0.15) is 0 Å². The first kappa shape index (κ1) is 26.5. The van der Waals surface area contributed by atoms with Gasteiger partial charge in [-0.15, -0.1) is 0 Å². The summed E-state index contributed by atoms with van der Waals surface area (Å²) in [6, 6.07) is 0. The number of carboxylic acid groups (broad SMARTS) is 2. The van der Waals surface area contributed by atoms with Crippen molar-refractivity contribution in [2.45, 2.75) is 12.8 Å². The Labute approximate surface area is 179 Å². The van der Waals surface area contributed by atoms with E-state index in [0.29, 0.717) is 0 Å². The van der Waals surface area contributed by atoms with E-state index in [4.69, 9.17) is 10.2 Å². The van der Waals surface area contributed by atoms with Crippen LogP contribution in [0.4, 0.5) is 0 Å². The maximum absolute atomic E-state index is 10.5. The molecule has 0 bridgehead atoms. The van der Waals surface area contributed by atoms with Gasteiger partial charge < -0.3 is 10.2 Å². The Morgan fingerprint density at radius 3 is 1.81 bits per heavy atom. The second kappa shape index (κ2) is 17.0. The predicted molar refractivity (Wildman–Crippen MR) is 58.0 cm³/mol. The van der Waals surface area contributed by atoms with E-state index in [2.05, 4.69) is 9.78 Å². The van der Waals surface area contributed by atoms with E-state index in [9.17, 15) is 14.4 Å². The average molecular weight is 280 g/mol. The summed E-state index contributed by atoms with van der Waals surface area (Å²) in [6.45, 7) is -0.765. The van der Waals surface area contributed by atoms with Crippen molar-refractivity contribution in [2.24, 2.45) is 0 Å². The molecule has 0 spiro atoms. The Morgan fingerprint density at radius 2 is 1.44 bits per heavy atom. The van der Waals surface area contributed by atoms with Crippen molar-refractivity contribution < 1.29 is 34.4 Å². The van der Waals surface area contributed by atoms with Crippen molar-refractivity contribution in [1.29, 1.82) is 0 Å². The van der Waals surface area contributed by atoms with Gasteiger partial charge in [-0.3, -0.25) is 9.68 Å². The number of hydrogen-bond acceptors (Lipinski definition) is 5. The van der Waals surface area contributed by atoms with Crippen molar-refractivity contribution in [1.82, 2.24) is 0 Å². The topological polar surface area (TPSA) is 110 Å². The van der Waals surface area contributed by atoms with Gasteiger partial charge in [0.15, 0.2) is 6.61 Å². The molecule has 80 valence electrons. The van der Waals surface area contributed by atoms with Gasteiger partial charge in [-0.2, -0.15) is 4.89 Å². The van der Waals surface area contributed by atoms with Crippen molar-refractivity contribution in [3.8, 4) is 0 Å². The molecule has 7 nitrogen and oxygen atoms in total. The van der Waals surface area contributed by atoms with Gasteiger partial charge in [-0.05, 0) is 0 Å². The van der Waals surface area contributed by atoms with Crippen LogP contribution in [-0.2, 0) is 24.2 Å². The molecule has 0 aliphatic rings. The fraction of sp³-hybridized carbons (Fsp3) is 0.500. The fourth-order valence-electron chi connectivity index (χ4n) is 0.396. The molecule has 0 aromatic heterocycles. The van der Waals surface area contributed by atoms with Gasteiger partial charge in [0, 0.05) is 0 Å². The van der Waals surface area contributed by atoms with Crippen LogP contribution >= 0.6 is 0 Å². The SMILES string of the molecule is O=C(O)CCC(=O)OOCC(=O)O.[KH].[NaH].[NaH]. The number of hydrogen-bond donors (Lipinski definition) is 2. The molecular formula is C6H11KNa2O7. The van der Waals surface area contributed by atoms with E-state index >= 15 is 0 Å². The zero-order valence-corrected chi connectivity index (χ0v) is 6.56. The maximum atomic E-state index is 10.5. The third-order valence-electron chi connectivity index (χ3n) is 0.877. The normalized spacial score (nSPS) is 7.50. The Morgan fingerprint density at radius 1 is 0.938 bits per heavy atom. The molecule has 0 aliphatic heterocycles. The Kier molecular flexibility index (Phi) is 28.2. The van der Waals surface area contributed by atoms with Crippen molar-refractivity contribution in [3.05, 3.63) is 0 Å². The van der Waals surface area contributed by atoms with E-state index in [-0.39, 0.29) is 123 Å². The standard InChI is InChI=1S/C6H8O7.K.2Na.3H/c7-4(8)1-2-6(11)13-12-3-5(9)10;;;;;;/h1-3H2,(H,7,8)(H,9,10);;;;;;. The molecule has 0 fully saturated rings. The van der Waals surface area contributed by atoms with Crippen LogP contribution in [0.3, 0.4) is 0 Å². The van der Waals surface area contributed by atoms with Crippen molar-refractivity contribution in [2.75, 3.05) is 6.61 Å². The van der Waals surface area contributed by atoms with Gasteiger partial charge in [0.2, 0.25) is 0 Å². The summed E-state index contributed by atoms with van der Waals surface area (Å²) in [6.07, 6.45) is -0.732. The van der Waals surface area contributed by atoms with Crippen LogP contribution in [0.2, 0.25) is 0 Å². The summed E-state index contributed by atoms with van der Waals surface area (Å²) < 4.78 is 0. The van der Waals surface area contributed by atoms with Crippen LogP contribution in [0.25, 0.3) is 0 Å². The van der Waals surface area contributed by atoms with E-state index in [1.54, 1.807) is 0 Å². The van der Waals surface area contributed by atoms with E-state index in [1.807, 2.05) is 0 Å². The quantitative estimate of drug-likeness (QED) is 0.313. The van der Waals surface area contributed by atoms with Crippen LogP contribution < -0.4 is 0 Å². The average Bonchev–Trinajstić information content (AvgIpc) is 2.00. The molecule has 0 aliphatic carbocycles. The van der Waals surface area contributed by atoms with Gasteiger partial charge >= 0.3 is 128 Å². The van der Waals surface area contributed by atoms with Crippen LogP contribution in [0.5, 0.6) is 0 Å². The summed E-state index contributed by atoms with van der Waals surface area (Å²) in [7, 11) is 0. The molecule has 0 atom stereocenters. The molecule has 0 aromatic carbocycles. The monoisotopic (exact) mass is 280 g/mol. The minimum absolute atomic E-state index is 0. The molecule has 0 unspecified atom stereocenters. The number of rotatable bonds is 6. The zero-order valence-electron chi connectivity index (χ0n) is 6.56. The van der Waals surface area contributed by atoms with E-state index in [0.717, 1.165) is 0 Å². The molecule has 16 heavy (non-hydrogen) atoms. The predicted octanol–water partition coefficient (Wildman–Crippen LogP) is -2.53. The number of carbonyl (C=O) groups is 3. The first-order valence-electron chi connectivity index (χ1n) is 3.28. The zero-order chi connectivity index (χ0) is 10.3. The summed E-state index contributed by atoms with van der Waals surface area (Å²) in [4.78, 5) is 38.2. The molecule has 0 heterocycles. The third kappa shape index (κ3) is 21.3. The minimum atomic E-state index is -1.29. The number of carboxylic acids is 2. The molecule has 10 heteroatoms. The van der Waals surface area contributed by atoms with Crippen molar-refractivity contribution >= 4 is 128 Å². The van der Waals surface area contributed by atoms with Crippen LogP contribution in [0.1, 0.15) is 12.8 Å². The first-order chi connectivity index (χ1) is 6.02. The van der Waals surface area contributed by atoms with E-state index < -0.39 is 24.5 Å². The molecular weight excluding hydrogens is 269 g/mol. The third-order valence-corrected chi connectivity index (χ3v) is 0.877. The van der Waals surface area contributed by atoms with Crippen LogP contribution in [-0.4, -0.2) is 145 Å². The molecule has 0 radical (unpaired) electrons. The second-order valence-corrected chi connectivity index (χ2v) is 2.01. The van der Waals surface area contributed by atoms with Crippen LogP contribution in [0.15, 0.2) is 0 Å². The number of aliphatic carboxylic acids is 2. The molecule has 0 aromatic rings.